The zero-order valence-electron chi connectivity index (χ0n) is 18.6. The molecule has 2 aromatic carbocycles. The Labute approximate surface area is 192 Å². The smallest absolute Gasteiger partial charge is 0.672 e. The van der Waals surface area contributed by atoms with Crippen molar-refractivity contribution < 1.29 is 25.6 Å². The minimum absolute atomic E-state index is 0. The van der Waals surface area contributed by atoms with Crippen LogP contribution in [0, 0.1) is 37.0 Å². The van der Waals surface area contributed by atoms with Crippen molar-refractivity contribution in [3.05, 3.63) is 90.7 Å². The molecule has 0 saturated heterocycles. The van der Waals surface area contributed by atoms with Gasteiger partial charge in [-0.05, 0) is 29.6 Å². The van der Waals surface area contributed by atoms with Gasteiger partial charge in [0.1, 0.15) is 0 Å². The van der Waals surface area contributed by atoms with Gasteiger partial charge in [0, 0.05) is 0 Å². The molecule has 0 aliphatic heterocycles. The molecule has 4 heteroatoms. The van der Waals surface area contributed by atoms with E-state index in [2.05, 4.69) is 34.6 Å². The Hall–Kier alpha value is -1.03. The van der Waals surface area contributed by atoms with Gasteiger partial charge in [-0.2, -0.15) is 0 Å². The third-order valence-electron chi connectivity index (χ3n) is 6.80. The van der Waals surface area contributed by atoms with Crippen LogP contribution in [0.25, 0.3) is 11.5 Å². The molecule has 1 saturated carbocycles. The zero-order chi connectivity index (χ0) is 19.3. The van der Waals surface area contributed by atoms with E-state index >= 15 is 0 Å². The molecule has 164 valence electrons. The summed E-state index contributed by atoms with van der Waals surface area (Å²) in [5.41, 5.74) is 17.9. The van der Waals surface area contributed by atoms with Crippen molar-refractivity contribution >= 4 is 0 Å². The maximum Gasteiger partial charge on any atom is 3.00 e. The van der Waals surface area contributed by atoms with E-state index in [1.165, 1.54) is 0 Å². The quantitative estimate of drug-likeness (QED) is 0.343. The second kappa shape index (κ2) is 14.1. The molecule has 0 radical (unpaired) electrons. The SMILES string of the molecule is CC1C(C)C(C)C(C)C1C.O.[CH3-].[Ir+3].[NH-]C(c1ccccc1)[C@H]([NH-])c1ccccc1. The summed E-state index contributed by atoms with van der Waals surface area (Å²) in [6, 6.07) is 18.1. The molecular weight excluding hydrogens is 537 g/mol. The summed E-state index contributed by atoms with van der Waals surface area (Å²) in [5, 5.41) is 0. The average Bonchev–Trinajstić information content (AvgIpc) is 2.86. The number of benzene rings is 2. The van der Waals surface area contributed by atoms with Crippen molar-refractivity contribution in [1.82, 2.24) is 0 Å². The molecule has 3 rings (SSSR count). The minimum atomic E-state index is -0.524. The predicted octanol–water partition coefficient (Wildman–Crippen LogP) is 7.38. The molecule has 1 aliphatic rings. The Morgan fingerprint density at radius 2 is 0.759 bits per heavy atom. The Kier molecular flexibility index (Phi) is 14.6. The van der Waals surface area contributed by atoms with Crippen LogP contribution in [0.4, 0.5) is 0 Å². The molecule has 4 N–H and O–H groups in total. The number of rotatable bonds is 3. The van der Waals surface area contributed by atoms with Gasteiger partial charge in [-0.3, -0.25) is 0 Å². The number of hydrogen-bond donors (Lipinski definition) is 0. The summed E-state index contributed by atoms with van der Waals surface area (Å²) in [5.74, 6) is 4.68. The van der Waals surface area contributed by atoms with Crippen molar-refractivity contribution in [3.63, 3.8) is 0 Å². The first-order valence-electron chi connectivity index (χ1n) is 9.86. The molecule has 0 aromatic heterocycles. The van der Waals surface area contributed by atoms with Crippen molar-refractivity contribution in [2.45, 2.75) is 46.7 Å². The first-order chi connectivity index (χ1) is 12.3. The minimum Gasteiger partial charge on any atom is -0.672 e. The van der Waals surface area contributed by atoms with Gasteiger partial charge in [-0.25, -0.2) is 0 Å². The molecule has 1 fully saturated rings. The maximum absolute atomic E-state index is 8.07. The summed E-state index contributed by atoms with van der Waals surface area (Å²) in [6.07, 6.45) is 0. The number of nitrogens with one attached hydrogen (secondary N) is 2. The van der Waals surface area contributed by atoms with E-state index in [0.717, 1.165) is 40.7 Å². The van der Waals surface area contributed by atoms with E-state index < -0.39 is 12.1 Å². The van der Waals surface area contributed by atoms with Crippen molar-refractivity contribution in [2.75, 3.05) is 0 Å². The normalized spacial score (nSPS) is 27.1. The molecule has 0 bridgehead atoms. The second-order valence-electron chi connectivity index (χ2n) is 8.07. The van der Waals surface area contributed by atoms with Crippen LogP contribution in [0.15, 0.2) is 60.7 Å². The van der Waals surface area contributed by atoms with Crippen molar-refractivity contribution in [3.8, 4) is 0 Å². The van der Waals surface area contributed by atoms with Crippen LogP contribution in [0.2, 0.25) is 0 Å². The van der Waals surface area contributed by atoms with Crippen molar-refractivity contribution in [1.29, 1.82) is 0 Å². The fourth-order valence-electron chi connectivity index (χ4n) is 4.10. The van der Waals surface area contributed by atoms with E-state index in [-0.39, 0.29) is 33.0 Å². The van der Waals surface area contributed by atoms with Gasteiger partial charge in [0.25, 0.3) is 0 Å². The molecule has 0 amide bonds. The average molecular weight is 576 g/mol. The first kappa shape index (κ1) is 30.2. The predicted molar refractivity (Wildman–Crippen MR) is 123 cm³/mol. The van der Waals surface area contributed by atoms with Gasteiger partial charge in [0.2, 0.25) is 0 Å². The summed E-state index contributed by atoms with van der Waals surface area (Å²) in [6.45, 7) is 12.0. The van der Waals surface area contributed by atoms with Crippen LogP contribution >= 0.6 is 0 Å². The largest absolute Gasteiger partial charge is 3.00 e. The van der Waals surface area contributed by atoms with Gasteiger partial charge in [0.05, 0.1) is 0 Å². The van der Waals surface area contributed by atoms with Gasteiger partial charge in [-0.1, -0.05) is 106 Å². The Balaban J connectivity index is 0. The summed E-state index contributed by atoms with van der Waals surface area (Å²) in [4.78, 5) is 0. The summed E-state index contributed by atoms with van der Waals surface area (Å²) in [7, 11) is 0. The Morgan fingerprint density at radius 1 is 0.552 bits per heavy atom. The van der Waals surface area contributed by atoms with Crippen molar-refractivity contribution in [2.24, 2.45) is 29.6 Å². The van der Waals surface area contributed by atoms with E-state index in [0.29, 0.717) is 0 Å². The Morgan fingerprint density at radius 3 is 0.966 bits per heavy atom. The van der Waals surface area contributed by atoms with E-state index in [4.69, 9.17) is 11.5 Å². The van der Waals surface area contributed by atoms with Crippen LogP contribution in [-0.4, -0.2) is 5.48 Å². The monoisotopic (exact) mass is 576 g/mol. The molecule has 29 heavy (non-hydrogen) atoms. The summed E-state index contributed by atoms with van der Waals surface area (Å²) >= 11 is 0. The van der Waals surface area contributed by atoms with Gasteiger partial charge in [0.15, 0.2) is 0 Å². The van der Waals surface area contributed by atoms with E-state index in [9.17, 15) is 0 Å². The molecule has 2 atom stereocenters. The van der Waals surface area contributed by atoms with Gasteiger partial charge >= 0.3 is 20.1 Å². The molecule has 0 spiro atoms. The fraction of sp³-hybridized carbons (Fsp3) is 0.480. The Bertz CT molecular complexity index is 564. The van der Waals surface area contributed by atoms with Crippen LogP contribution in [0.1, 0.15) is 57.8 Å². The first-order valence-corrected chi connectivity index (χ1v) is 9.86. The molecule has 1 aliphatic carbocycles. The van der Waals surface area contributed by atoms with Crippen LogP contribution in [0.5, 0.6) is 0 Å². The molecule has 0 heterocycles. The van der Waals surface area contributed by atoms with Gasteiger partial charge in [-0.15, -0.1) is 12.1 Å². The maximum atomic E-state index is 8.07. The molecule has 3 nitrogen and oxygen atoms in total. The fourth-order valence-corrected chi connectivity index (χ4v) is 4.10. The second-order valence-corrected chi connectivity index (χ2v) is 8.07. The standard InChI is InChI=1S/C14H14N2.C10H20.CH3.Ir.H2O/c15-13(11-7-3-1-4-8-11)14(16)12-9-5-2-6-10-12;1-6-7(2)9(4)10(5)8(6)3;;;/h1-10,13-16H;6-10H,1-5H3;1H3;;1H2/q-2;;-1;+3;/t13-,14?;;;;/m1..../s1. The molecule has 2 aromatic rings. The molecular formula is C25H39IrN2O. The van der Waals surface area contributed by atoms with E-state index in [1.54, 1.807) is 0 Å². The van der Waals surface area contributed by atoms with E-state index in [1.807, 2.05) is 60.7 Å². The topological polar surface area (TPSA) is 79.1 Å². The summed E-state index contributed by atoms with van der Waals surface area (Å²) < 4.78 is 0. The molecule has 1 unspecified atom stereocenters. The van der Waals surface area contributed by atoms with Gasteiger partial charge < -0.3 is 24.4 Å². The van der Waals surface area contributed by atoms with Crippen LogP contribution < -0.4 is 0 Å². The zero-order valence-corrected chi connectivity index (χ0v) is 21.0. The number of hydrogen-bond acceptors (Lipinski definition) is 0. The van der Waals surface area contributed by atoms with Crippen LogP contribution in [-0.2, 0) is 20.1 Å². The third-order valence-corrected chi connectivity index (χ3v) is 6.80. The van der Waals surface area contributed by atoms with Crippen LogP contribution in [0.3, 0.4) is 0 Å². The third kappa shape index (κ3) is 7.62.